The molecule has 0 radical (unpaired) electrons. The molecule has 80 valence electrons. The van der Waals surface area contributed by atoms with E-state index in [0.29, 0.717) is 0 Å². The van der Waals surface area contributed by atoms with Gasteiger partial charge in [-0.15, -0.1) is 6.58 Å². The van der Waals surface area contributed by atoms with Crippen molar-refractivity contribution in [3.05, 3.63) is 12.7 Å². The van der Waals surface area contributed by atoms with E-state index in [1.807, 2.05) is 0 Å². The summed E-state index contributed by atoms with van der Waals surface area (Å²) in [5.41, 5.74) is -1.38. The number of aliphatic carboxylic acids is 2. The predicted molar refractivity (Wildman–Crippen MR) is 51.0 cm³/mol. The molecule has 0 saturated heterocycles. The molecule has 0 spiro atoms. The number of nitrogens with one attached hydrogen (secondary N) is 1. The van der Waals surface area contributed by atoms with Gasteiger partial charge in [0, 0.05) is 0 Å². The van der Waals surface area contributed by atoms with Gasteiger partial charge in [-0.2, -0.15) is 0 Å². The van der Waals surface area contributed by atoms with Crippen molar-refractivity contribution in [3.63, 3.8) is 0 Å². The summed E-state index contributed by atoms with van der Waals surface area (Å²) in [6.45, 7) is 4.97. The van der Waals surface area contributed by atoms with E-state index in [-0.39, 0.29) is 6.42 Å². The molecule has 0 bridgehead atoms. The molecule has 0 aromatic rings. The molecule has 0 saturated carbocycles. The van der Waals surface area contributed by atoms with Crippen LogP contribution in [-0.2, 0) is 9.59 Å². The Hall–Kier alpha value is -1.36. The molecule has 2 unspecified atom stereocenters. The van der Waals surface area contributed by atoms with Crippen LogP contribution in [0.15, 0.2) is 12.7 Å². The highest BCUT2D eigenvalue weighted by atomic mass is 16.4. The van der Waals surface area contributed by atoms with Crippen molar-refractivity contribution in [2.24, 2.45) is 5.92 Å². The van der Waals surface area contributed by atoms with Crippen molar-refractivity contribution in [1.82, 2.24) is 5.32 Å². The molecule has 0 heterocycles. The summed E-state index contributed by atoms with van der Waals surface area (Å²) >= 11 is 0. The largest absolute Gasteiger partial charge is 0.481 e. The van der Waals surface area contributed by atoms with Crippen LogP contribution in [-0.4, -0.2) is 34.7 Å². The minimum Gasteiger partial charge on any atom is -0.481 e. The summed E-state index contributed by atoms with van der Waals surface area (Å²) in [7, 11) is 1.47. The average molecular weight is 201 g/mol. The highest BCUT2D eigenvalue weighted by molar-refractivity contribution is 5.83. The third-order valence-corrected chi connectivity index (χ3v) is 2.35. The van der Waals surface area contributed by atoms with Gasteiger partial charge in [0.15, 0.2) is 0 Å². The molecule has 5 nitrogen and oxygen atoms in total. The Bertz CT molecular complexity index is 251. The van der Waals surface area contributed by atoms with Gasteiger partial charge in [0.2, 0.25) is 0 Å². The number of carboxylic acids is 2. The molecule has 14 heavy (non-hydrogen) atoms. The van der Waals surface area contributed by atoms with Crippen molar-refractivity contribution in [1.29, 1.82) is 0 Å². The fourth-order valence-corrected chi connectivity index (χ4v) is 1.38. The first-order chi connectivity index (χ1) is 6.40. The fourth-order valence-electron chi connectivity index (χ4n) is 1.38. The first-order valence-corrected chi connectivity index (χ1v) is 4.18. The fraction of sp³-hybridized carbons (Fsp3) is 0.556. The number of carboxylic acid groups (broad SMARTS) is 2. The molecule has 5 heteroatoms. The molecular formula is C9H15NO4. The van der Waals surface area contributed by atoms with E-state index in [2.05, 4.69) is 11.9 Å². The van der Waals surface area contributed by atoms with E-state index in [4.69, 9.17) is 10.2 Å². The molecule has 2 atom stereocenters. The van der Waals surface area contributed by atoms with Crippen molar-refractivity contribution < 1.29 is 19.8 Å². The zero-order valence-electron chi connectivity index (χ0n) is 8.28. The van der Waals surface area contributed by atoms with Crippen LogP contribution >= 0.6 is 0 Å². The van der Waals surface area contributed by atoms with Crippen molar-refractivity contribution in [2.75, 3.05) is 7.05 Å². The Labute approximate surface area is 82.4 Å². The van der Waals surface area contributed by atoms with Crippen molar-refractivity contribution >= 4 is 11.9 Å². The molecule has 0 amide bonds. The lowest BCUT2D eigenvalue weighted by molar-refractivity contribution is -0.146. The average Bonchev–Trinajstić information content (AvgIpc) is 2.05. The van der Waals surface area contributed by atoms with Crippen LogP contribution in [0.1, 0.15) is 13.3 Å². The number of carbonyl (C=O) groups is 2. The maximum Gasteiger partial charge on any atom is 0.328 e. The highest BCUT2D eigenvalue weighted by Crippen LogP contribution is 2.22. The Kier molecular flexibility index (Phi) is 4.30. The smallest absolute Gasteiger partial charge is 0.328 e. The minimum atomic E-state index is -1.38. The van der Waals surface area contributed by atoms with Gasteiger partial charge in [-0.05, 0) is 13.0 Å². The monoisotopic (exact) mass is 201 g/mol. The topological polar surface area (TPSA) is 86.6 Å². The SMILES string of the molecule is C=CC(NC)(C(=O)O)C(C)CC(=O)O. The molecule has 0 aliphatic rings. The second kappa shape index (κ2) is 4.76. The lowest BCUT2D eigenvalue weighted by atomic mass is 9.83. The van der Waals surface area contributed by atoms with Crippen molar-refractivity contribution in [3.8, 4) is 0 Å². The van der Waals surface area contributed by atoms with E-state index in [9.17, 15) is 9.59 Å². The lowest BCUT2D eigenvalue weighted by Gasteiger charge is -2.30. The summed E-state index contributed by atoms with van der Waals surface area (Å²) in [5.74, 6) is -2.72. The Morgan fingerprint density at radius 3 is 2.29 bits per heavy atom. The van der Waals surface area contributed by atoms with Gasteiger partial charge in [0.05, 0.1) is 6.42 Å². The second-order valence-corrected chi connectivity index (χ2v) is 3.13. The standard InChI is InChI=1S/C9H15NO4/c1-4-9(10-3,8(13)14)6(2)5-7(11)12/h4,6,10H,1,5H2,2-3H3,(H,11,12)(H,13,14). The van der Waals surface area contributed by atoms with E-state index < -0.39 is 23.4 Å². The number of rotatable bonds is 6. The molecule has 3 N–H and O–H groups in total. The van der Waals surface area contributed by atoms with E-state index in [0.717, 1.165) is 0 Å². The number of hydrogen-bond acceptors (Lipinski definition) is 3. The molecule has 0 aromatic carbocycles. The third-order valence-electron chi connectivity index (χ3n) is 2.35. The van der Waals surface area contributed by atoms with Crippen LogP contribution in [0.25, 0.3) is 0 Å². The zero-order chi connectivity index (χ0) is 11.4. The second-order valence-electron chi connectivity index (χ2n) is 3.13. The molecule has 0 aliphatic carbocycles. The maximum atomic E-state index is 11.0. The van der Waals surface area contributed by atoms with E-state index in [1.165, 1.54) is 13.1 Å². The molecule has 0 fully saturated rings. The van der Waals surface area contributed by atoms with Gasteiger partial charge >= 0.3 is 11.9 Å². The minimum absolute atomic E-state index is 0.223. The summed E-state index contributed by atoms with van der Waals surface area (Å²) < 4.78 is 0. The molecule has 0 aliphatic heterocycles. The van der Waals surface area contributed by atoms with Gasteiger partial charge in [0.1, 0.15) is 5.54 Å². The summed E-state index contributed by atoms with van der Waals surface area (Å²) in [6.07, 6.45) is 1.00. The van der Waals surface area contributed by atoms with E-state index >= 15 is 0 Å². The third kappa shape index (κ3) is 2.32. The first-order valence-electron chi connectivity index (χ1n) is 4.18. The number of likely N-dealkylation sites (N-methyl/N-ethyl adjacent to an activating group) is 1. The number of hydrogen-bond donors (Lipinski definition) is 3. The Morgan fingerprint density at radius 2 is 2.07 bits per heavy atom. The lowest BCUT2D eigenvalue weighted by Crippen LogP contribution is -2.54. The highest BCUT2D eigenvalue weighted by Gasteiger charge is 2.40. The van der Waals surface area contributed by atoms with Crippen LogP contribution in [0.3, 0.4) is 0 Å². The van der Waals surface area contributed by atoms with Crippen LogP contribution in [0.2, 0.25) is 0 Å². The zero-order valence-corrected chi connectivity index (χ0v) is 8.28. The van der Waals surface area contributed by atoms with Gasteiger partial charge in [-0.1, -0.05) is 13.0 Å². The molecular weight excluding hydrogens is 186 g/mol. The molecule has 0 aromatic heterocycles. The van der Waals surface area contributed by atoms with Gasteiger partial charge in [-0.3, -0.25) is 4.79 Å². The summed E-state index contributed by atoms with van der Waals surface area (Å²) in [4.78, 5) is 21.4. The normalized spacial score (nSPS) is 16.7. The van der Waals surface area contributed by atoms with Gasteiger partial charge in [0.25, 0.3) is 0 Å². The Morgan fingerprint density at radius 1 is 1.57 bits per heavy atom. The van der Waals surface area contributed by atoms with Crippen LogP contribution in [0.4, 0.5) is 0 Å². The van der Waals surface area contributed by atoms with Gasteiger partial charge in [-0.25, -0.2) is 4.79 Å². The van der Waals surface area contributed by atoms with Crippen molar-refractivity contribution in [2.45, 2.75) is 18.9 Å². The van der Waals surface area contributed by atoms with Crippen LogP contribution in [0, 0.1) is 5.92 Å². The van der Waals surface area contributed by atoms with Crippen LogP contribution < -0.4 is 5.32 Å². The summed E-state index contributed by atoms with van der Waals surface area (Å²) in [6, 6.07) is 0. The maximum absolute atomic E-state index is 11.0. The quantitative estimate of drug-likeness (QED) is 0.539. The Balaban J connectivity index is 4.89. The summed E-state index contributed by atoms with van der Waals surface area (Å²) in [5, 5.41) is 20.1. The van der Waals surface area contributed by atoms with Crippen LogP contribution in [0.5, 0.6) is 0 Å². The molecule has 0 rings (SSSR count). The predicted octanol–water partition coefficient (Wildman–Crippen LogP) is 0.326. The first kappa shape index (κ1) is 12.6. The van der Waals surface area contributed by atoms with E-state index in [1.54, 1.807) is 6.92 Å². The van der Waals surface area contributed by atoms with Gasteiger partial charge < -0.3 is 15.5 Å².